The van der Waals surface area contributed by atoms with Crippen molar-refractivity contribution in [3.05, 3.63) is 71.3 Å². The fourth-order valence-electron chi connectivity index (χ4n) is 5.49. The van der Waals surface area contributed by atoms with Gasteiger partial charge in [-0.25, -0.2) is 0 Å². The van der Waals surface area contributed by atoms with Crippen molar-refractivity contribution in [2.24, 2.45) is 5.92 Å². The van der Waals surface area contributed by atoms with Crippen LogP contribution in [0, 0.1) is 5.92 Å². The lowest BCUT2D eigenvalue weighted by atomic mass is 9.84. The molecule has 1 aliphatic heterocycles. The first-order valence-corrected chi connectivity index (χ1v) is 13.4. The number of hydrogen-bond acceptors (Lipinski definition) is 4. The van der Waals surface area contributed by atoms with Crippen LogP contribution < -0.4 is 15.5 Å². The molecule has 4 rings (SSSR count). The number of piperazine rings is 1. The molecule has 0 bridgehead atoms. The molecule has 4 nitrogen and oxygen atoms in total. The smallest absolute Gasteiger partial charge is 0.0724 e. The predicted molar refractivity (Wildman–Crippen MR) is 147 cm³/mol. The molecule has 184 valence electrons. The van der Waals surface area contributed by atoms with Crippen LogP contribution in [0.5, 0.6) is 0 Å². The van der Waals surface area contributed by atoms with Gasteiger partial charge in [0.1, 0.15) is 0 Å². The van der Waals surface area contributed by atoms with E-state index in [4.69, 9.17) is 11.6 Å². The Hall–Kier alpha value is -2.01. The number of halogens is 1. The molecule has 2 fully saturated rings. The van der Waals surface area contributed by atoms with Crippen LogP contribution in [0.1, 0.15) is 50.6 Å². The number of nitrogens with zero attached hydrogens (tertiary/aromatic N) is 2. The van der Waals surface area contributed by atoms with Gasteiger partial charge in [-0.05, 0) is 80.0 Å². The van der Waals surface area contributed by atoms with E-state index in [1.165, 1.54) is 55.6 Å². The third-order valence-corrected chi connectivity index (χ3v) is 7.95. The van der Waals surface area contributed by atoms with E-state index in [9.17, 15) is 0 Å². The van der Waals surface area contributed by atoms with Gasteiger partial charge in [0.25, 0.3) is 0 Å². The highest BCUT2D eigenvalue weighted by atomic mass is 35.5. The average molecular weight is 481 g/mol. The Kier molecular flexibility index (Phi) is 8.93. The summed E-state index contributed by atoms with van der Waals surface area (Å²) in [6.07, 6.45) is 6.34. The summed E-state index contributed by atoms with van der Waals surface area (Å²) in [6.45, 7) is 12.4. The molecule has 0 spiro atoms. The van der Waals surface area contributed by atoms with Crippen molar-refractivity contribution in [3.8, 4) is 0 Å². The molecule has 5 heteroatoms. The summed E-state index contributed by atoms with van der Waals surface area (Å²) in [5, 5.41) is 7.92. The highest BCUT2D eigenvalue weighted by Gasteiger charge is 2.27. The summed E-state index contributed by atoms with van der Waals surface area (Å²) in [5.41, 5.74) is 4.75. The largest absolute Gasteiger partial charge is 0.374 e. The normalized spacial score (nSPS) is 22.2. The van der Waals surface area contributed by atoms with E-state index in [2.05, 4.69) is 77.4 Å². The van der Waals surface area contributed by atoms with Gasteiger partial charge < -0.3 is 15.5 Å². The lowest BCUT2D eigenvalue weighted by Gasteiger charge is -2.40. The molecule has 1 saturated carbocycles. The summed E-state index contributed by atoms with van der Waals surface area (Å²) in [7, 11) is 2.24. The van der Waals surface area contributed by atoms with E-state index < -0.39 is 0 Å². The van der Waals surface area contributed by atoms with Crippen LogP contribution in [-0.4, -0.2) is 50.7 Å². The van der Waals surface area contributed by atoms with Crippen molar-refractivity contribution in [3.63, 3.8) is 0 Å². The zero-order valence-electron chi connectivity index (χ0n) is 20.9. The summed E-state index contributed by atoms with van der Waals surface area (Å²) >= 11 is 6.10. The Morgan fingerprint density at radius 2 is 1.71 bits per heavy atom. The molecule has 1 aliphatic carbocycles. The Morgan fingerprint density at radius 1 is 1.06 bits per heavy atom. The summed E-state index contributed by atoms with van der Waals surface area (Å²) in [5.74, 6) is 0.795. The second-order valence-electron chi connectivity index (χ2n) is 10.0. The van der Waals surface area contributed by atoms with E-state index in [0.29, 0.717) is 0 Å². The van der Waals surface area contributed by atoms with Crippen LogP contribution in [0.15, 0.2) is 60.7 Å². The number of anilines is 2. The minimum Gasteiger partial charge on any atom is -0.374 e. The third kappa shape index (κ3) is 6.56. The van der Waals surface area contributed by atoms with Crippen molar-refractivity contribution < 1.29 is 0 Å². The first-order valence-electron chi connectivity index (χ1n) is 13.0. The van der Waals surface area contributed by atoms with Crippen molar-refractivity contribution in [2.75, 3.05) is 50.0 Å². The minimum absolute atomic E-state index is 0.0803. The highest BCUT2D eigenvalue weighted by molar-refractivity contribution is 6.30. The van der Waals surface area contributed by atoms with Crippen molar-refractivity contribution in [2.45, 2.75) is 51.1 Å². The van der Waals surface area contributed by atoms with Gasteiger partial charge in [0.15, 0.2) is 0 Å². The van der Waals surface area contributed by atoms with Gasteiger partial charge in [0.2, 0.25) is 0 Å². The average Bonchev–Trinajstić information content (AvgIpc) is 2.89. The number of benzene rings is 2. The summed E-state index contributed by atoms with van der Waals surface area (Å²) < 4.78 is 0. The van der Waals surface area contributed by atoms with E-state index in [1.807, 2.05) is 12.1 Å². The number of hydrogen-bond donors (Lipinski definition) is 2. The van der Waals surface area contributed by atoms with E-state index in [0.717, 1.165) is 48.7 Å². The first kappa shape index (κ1) is 25.1. The van der Waals surface area contributed by atoms with Crippen LogP contribution in [0.3, 0.4) is 0 Å². The molecule has 2 N–H and O–H groups in total. The summed E-state index contributed by atoms with van der Waals surface area (Å²) in [4.78, 5) is 5.15. The molecule has 1 heterocycles. The van der Waals surface area contributed by atoms with Crippen LogP contribution in [0.2, 0.25) is 5.02 Å². The fourth-order valence-corrected chi connectivity index (χ4v) is 5.62. The monoisotopic (exact) mass is 480 g/mol. The Morgan fingerprint density at radius 3 is 2.32 bits per heavy atom. The van der Waals surface area contributed by atoms with E-state index in [-0.39, 0.29) is 6.04 Å². The van der Waals surface area contributed by atoms with Gasteiger partial charge in [0.05, 0.1) is 6.04 Å². The van der Waals surface area contributed by atoms with Crippen LogP contribution >= 0.6 is 11.6 Å². The quantitative estimate of drug-likeness (QED) is 0.409. The van der Waals surface area contributed by atoms with Crippen LogP contribution in [0.4, 0.5) is 11.4 Å². The second kappa shape index (κ2) is 12.1. The van der Waals surface area contributed by atoms with Gasteiger partial charge in [-0.1, -0.05) is 42.8 Å². The maximum Gasteiger partial charge on any atom is 0.0724 e. The van der Waals surface area contributed by atoms with Gasteiger partial charge >= 0.3 is 0 Å². The van der Waals surface area contributed by atoms with E-state index >= 15 is 0 Å². The Bertz CT molecular complexity index is 897. The van der Waals surface area contributed by atoms with Gasteiger partial charge in [0, 0.05) is 62.2 Å². The Labute approximate surface area is 211 Å². The van der Waals surface area contributed by atoms with Crippen molar-refractivity contribution in [1.29, 1.82) is 0 Å². The number of nitrogens with one attached hydrogen (secondary N) is 2. The van der Waals surface area contributed by atoms with Gasteiger partial charge in [-0.15, -0.1) is 0 Å². The molecule has 34 heavy (non-hydrogen) atoms. The van der Waals surface area contributed by atoms with Crippen molar-refractivity contribution >= 4 is 23.0 Å². The zero-order chi connectivity index (χ0) is 23.9. The van der Waals surface area contributed by atoms with Gasteiger partial charge in [-0.3, -0.25) is 4.90 Å². The minimum atomic E-state index is 0.0803. The molecule has 1 saturated heterocycles. The first-order chi connectivity index (χ1) is 16.5. The topological polar surface area (TPSA) is 30.5 Å². The maximum atomic E-state index is 6.10. The van der Waals surface area contributed by atoms with Crippen LogP contribution in [-0.2, 0) is 0 Å². The Balaban J connectivity index is 1.31. The van der Waals surface area contributed by atoms with E-state index in [1.54, 1.807) is 0 Å². The molecule has 0 unspecified atom stereocenters. The van der Waals surface area contributed by atoms with Gasteiger partial charge in [-0.2, -0.15) is 0 Å². The van der Waals surface area contributed by atoms with Crippen LogP contribution in [0.25, 0.3) is 0 Å². The highest BCUT2D eigenvalue weighted by Crippen LogP contribution is 2.31. The standard InChI is InChI=1S/C29H41ClN4/c1-4-22(2)29(24-7-9-25(30)10-8-24)32-26-11-15-27(16-12-26)33(3)21-23-5-13-28(14-6-23)34-19-17-31-18-20-34/h7-12,15-16,23,28-29,31-32H,2,4-6,13-14,17-21H2,1,3H3/t23?,28?,29-/m1/s1. The molecule has 2 aromatic rings. The lowest BCUT2D eigenvalue weighted by Crippen LogP contribution is -2.49. The molecule has 0 radical (unpaired) electrons. The molecule has 2 aliphatic rings. The second-order valence-corrected chi connectivity index (χ2v) is 10.5. The summed E-state index contributed by atoms with van der Waals surface area (Å²) in [6, 6.07) is 17.8. The molecule has 2 aromatic carbocycles. The maximum absolute atomic E-state index is 6.10. The molecular weight excluding hydrogens is 440 g/mol. The molecule has 0 aromatic heterocycles. The van der Waals surface area contributed by atoms with Crippen molar-refractivity contribution in [1.82, 2.24) is 10.2 Å². The molecular formula is C29H41ClN4. The molecule has 0 amide bonds. The third-order valence-electron chi connectivity index (χ3n) is 7.70. The lowest BCUT2D eigenvalue weighted by molar-refractivity contribution is 0.123. The fraction of sp³-hybridized carbons (Fsp3) is 0.517. The predicted octanol–water partition coefficient (Wildman–Crippen LogP) is 6.36. The molecule has 1 atom stereocenters. The number of rotatable bonds is 9. The zero-order valence-corrected chi connectivity index (χ0v) is 21.7. The SMILES string of the molecule is C=C(CC)[C@@H](Nc1ccc(N(C)CC2CCC(N3CCNCC3)CC2)cc1)c1ccc(Cl)cc1.